The number of ether oxygens (including phenoxy) is 1. The molecular weight excluding hydrogens is 426 g/mol. The molecule has 34 heavy (non-hydrogen) atoms. The van der Waals surface area contributed by atoms with Crippen LogP contribution in [0.1, 0.15) is 36.4 Å². The number of hydrogen-bond donors (Lipinski definition) is 1. The average molecular weight is 452 g/mol. The van der Waals surface area contributed by atoms with Crippen molar-refractivity contribution in [1.29, 1.82) is 0 Å². The number of anilines is 1. The molecular formula is C28H25N3O3. The molecule has 3 heterocycles. The fraction of sp³-hybridized carbons (Fsp3) is 0.250. The number of nitrogens with zero attached hydrogens (tertiary/aromatic N) is 2. The first-order chi connectivity index (χ1) is 16.6. The van der Waals surface area contributed by atoms with Crippen LogP contribution in [-0.2, 0) is 14.3 Å². The predicted molar refractivity (Wildman–Crippen MR) is 129 cm³/mol. The fourth-order valence-corrected chi connectivity index (χ4v) is 6.14. The van der Waals surface area contributed by atoms with E-state index in [0.717, 1.165) is 11.1 Å². The molecule has 1 amide bonds. The van der Waals surface area contributed by atoms with Crippen LogP contribution in [0.4, 0.5) is 5.69 Å². The quantitative estimate of drug-likeness (QED) is 0.606. The highest BCUT2D eigenvalue weighted by atomic mass is 16.5. The third-order valence-electron chi connectivity index (χ3n) is 7.56. The lowest BCUT2D eigenvalue weighted by atomic mass is 9.60. The Morgan fingerprint density at radius 1 is 0.882 bits per heavy atom. The molecule has 0 aromatic heterocycles. The zero-order valence-corrected chi connectivity index (χ0v) is 18.8. The van der Waals surface area contributed by atoms with Crippen LogP contribution in [0, 0.1) is 5.41 Å². The van der Waals surface area contributed by atoms with Gasteiger partial charge in [-0.25, -0.2) is 0 Å². The number of hydrazone groups is 1. The molecule has 3 aromatic carbocycles. The van der Waals surface area contributed by atoms with Crippen LogP contribution in [0.3, 0.4) is 0 Å². The maximum absolute atomic E-state index is 14.6. The molecule has 4 atom stereocenters. The highest BCUT2D eigenvalue weighted by molar-refractivity contribution is 6.21. The van der Waals surface area contributed by atoms with Crippen LogP contribution in [-0.4, -0.2) is 29.7 Å². The van der Waals surface area contributed by atoms with E-state index in [2.05, 4.69) is 5.32 Å². The van der Waals surface area contributed by atoms with E-state index in [9.17, 15) is 9.59 Å². The maximum Gasteiger partial charge on any atom is 0.327 e. The molecule has 3 aliphatic heterocycles. The van der Waals surface area contributed by atoms with Crippen molar-refractivity contribution in [2.75, 3.05) is 11.6 Å². The van der Waals surface area contributed by atoms with Gasteiger partial charge >= 0.3 is 5.97 Å². The SMILES string of the molecule is CC1=NN(c2ccccc2)C(=O)C12[C@H](c1ccccc1)NC1(CCOC1=O)[C@@H]2c1ccccc1. The second kappa shape index (κ2) is 7.64. The summed E-state index contributed by atoms with van der Waals surface area (Å²) in [6, 6.07) is 28.7. The summed E-state index contributed by atoms with van der Waals surface area (Å²) in [6.45, 7) is 2.23. The molecule has 6 heteroatoms. The molecule has 6 nitrogen and oxygen atoms in total. The summed E-state index contributed by atoms with van der Waals surface area (Å²) in [6.07, 6.45) is 0.488. The molecule has 0 aliphatic carbocycles. The maximum atomic E-state index is 14.6. The molecule has 0 saturated carbocycles. The average Bonchev–Trinajstić information content (AvgIpc) is 3.49. The van der Waals surface area contributed by atoms with Gasteiger partial charge in [0.15, 0.2) is 0 Å². The van der Waals surface area contributed by atoms with Crippen molar-refractivity contribution in [1.82, 2.24) is 5.32 Å². The molecule has 0 radical (unpaired) electrons. The zero-order chi connectivity index (χ0) is 23.3. The van der Waals surface area contributed by atoms with Crippen molar-refractivity contribution in [2.24, 2.45) is 10.5 Å². The molecule has 1 N–H and O–H groups in total. The van der Waals surface area contributed by atoms with Crippen LogP contribution in [0.5, 0.6) is 0 Å². The molecule has 2 unspecified atom stereocenters. The number of amides is 1. The van der Waals surface area contributed by atoms with Gasteiger partial charge in [-0.1, -0.05) is 78.9 Å². The second-order valence-electron chi connectivity index (χ2n) is 9.20. The summed E-state index contributed by atoms with van der Waals surface area (Å²) in [5.41, 5.74) is 1.14. The minimum atomic E-state index is -1.10. The lowest BCUT2D eigenvalue weighted by Crippen LogP contribution is -2.51. The molecule has 6 rings (SSSR count). The van der Waals surface area contributed by atoms with E-state index in [0.29, 0.717) is 24.4 Å². The van der Waals surface area contributed by atoms with Gasteiger partial charge in [0.2, 0.25) is 0 Å². The van der Waals surface area contributed by atoms with E-state index in [4.69, 9.17) is 9.84 Å². The molecule has 0 bridgehead atoms. The van der Waals surface area contributed by atoms with Gasteiger partial charge in [0, 0.05) is 12.3 Å². The first-order valence-electron chi connectivity index (χ1n) is 11.6. The van der Waals surface area contributed by atoms with Crippen molar-refractivity contribution in [3.63, 3.8) is 0 Å². The van der Waals surface area contributed by atoms with Crippen molar-refractivity contribution in [3.05, 3.63) is 102 Å². The monoisotopic (exact) mass is 451 g/mol. The molecule has 2 spiro atoms. The van der Waals surface area contributed by atoms with Gasteiger partial charge in [0.1, 0.15) is 11.0 Å². The molecule has 3 aromatic rings. The number of esters is 1. The van der Waals surface area contributed by atoms with Crippen LogP contribution >= 0.6 is 0 Å². The molecule has 3 aliphatic rings. The summed E-state index contributed by atoms with van der Waals surface area (Å²) in [5.74, 6) is -0.924. The van der Waals surface area contributed by atoms with E-state index in [1.807, 2.05) is 97.9 Å². The van der Waals surface area contributed by atoms with Crippen molar-refractivity contribution in [3.8, 4) is 0 Å². The normalized spacial score (nSPS) is 30.3. The Balaban J connectivity index is 1.63. The number of benzene rings is 3. The van der Waals surface area contributed by atoms with Gasteiger partial charge in [0.05, 0.1) is 24.0 Å². The van der Waals surface area contributed by atoms with E-state index in [-0.39, 0.29) is 11.9 Å². The third-order valence-corrected chi connectivity index (χ3v) is 7.56. The number of carbonyl (C=O) groups excluding carboxylic acids is 2. The Morgan fingerprint density at radius 3 is 2.06 bits per heavy atom. The highest BCUT2D eigenvalue weighted by Crippen LogP contribution is 2.62. The minimum Gasteiger partial charge on any atom is -0.464 e. The first kappa shape index (κ1) is 20.8. The lowest BCUT2D eigenvalue weighted by molar-refractivity contribution is -0.143. The molecule has 2 fully saturated rings. The van der Waals surface area contributed by atoms with Crippen LogP contribution < -0.4 is 10.3 Å². The van der Waals surface area contributed by atoms with Gasteiger partial charge in [-0.15, -0.1) is 0 Å². The van der Waals surface area contributed by atoms with Crippen molar-refractivity contribution < 1.29 is 14.3 Å². The van der Waals surface area contributed by atoms with Gasteiger partial charge < -0.3 is 4.74 Å². The van der Waals surface area contributed by atoms with E-state index in [1.165, 1.54) is 5.01 Å². The Bertz CT molecular complexity index is 1280. The van der Waals surface area contributed by atoms with Crippen molar-refractivity contribution in [2.45, 2.75) is 30.8 Å². The van der Waals surface area contributed by atoms with Crippen LogP contribution in [0.15, 0.2) is 96.1 Å². The van der Waals surface area contributed by atoms with Crippen LogP contribution in [0.25, 0.3) is 0 Å². The third kappa shape index (κ3) is 2.69. The summed E-state index contributed by atoms with van der Waals surface area (Å²) < 4.78 is 5.55. The number of cyclic esters (lactones) is 1. The zero-order valence-electron chi connectivity index (χ0n) is 18.8. The standard InChI is InChI=1S/C28H25N3O3/c1-19-28(25(32)31(30-19)22-15-9-4-10-16-22)23(20-11-5-2-6-12-20)27(17-18-34-26(27)33)29-24(28)21-13-7-3-8-14-21/h2-16,23-24,29H,17-18H2,1H3/t23-,24-,27?,28?/m0/s1. The predicted octanol–water partition coefficient (Wildman–Crippen LogP) is 4.21. The van der Waals surface area contributed by atoms with Gasteiger partial charge in [-0.3, -0.25) is 14.9 Å². The fourth-order valence-electron chi connectivity index (χ4n) is 6.14. The number of carbonyl (C=O) groups is 2. The van der Waals surface area contributed by atoms with Gasteiger partial charge in [-0.2, -0.15) is 10.1 Å². The van der Waals surface area contributed by atoms with Crippen molar-refractivity contribution >= 4 is 23.3 Å². The minimum absolute atomic E-state index is 0.136. The van der Waals surface area contributed by atoms with E-state index < -0.39 is 22.9 Å². The highest BCUT2D eigenvalue weighted by Gasteiger charge is 2.74. The number of nitrogens with one attached hydrogen (secondary N) is 1. The Labute approximate surface area is 198 Å². The second-order valence-corrected chi connectivity index (χ2v) is 9.20. The largest absolute Gasteiger partial charge is 0.464 e. The van der Waals surface area contributed by atoms with Crippen LogP contribution in [0.2, 0.25) is 0 Å². The van der Waals surface area contributed by atoms with Gasteiger partial charge in [-0.05, 0) is 30.2 Å². The van der Waals surface area contributed by atoms with E-state index >= 15 is 0 Å². The summed E-state index contributed by atoms with van der Waals surface area (Å²) in [4.78, 5) is 28.0. The Hall–Kier alpha value is -3.77. The topological polar surface area (TPSA) is 71.0 Å². The Morgan fingerprint density at radius 2 is 1.47 bits per heavy atom. The summed E-state index contributed by atoms with van der Waals surface area (Å²) in [7, 11) is 0. The first-order valence-corrected chi connectivity index (χ1v) is 11.6. The molecule has 2 saturated heterocycles. The number of para-hydroxylation sites is 1. The smallest absolute Gasteiger partial charge is 0.327 e. The lowest BCUT2D eigenvalue weighted by Gasteiger charge is -2.37. The molecule has 170 valence electrons. The summed E-state index contributed by atoms with van der Waals surface area (Å²) in [5, 5.41) is 9.96. The van der Waals surface area contributed by atoms with E-state index in [1.54, 1.807) is 0 Å². The number of rotatable bonds is 3. The summed E-state index contributed by atoms with van der Waals surface area (Å²) >= 11 is 0. The Kier molecular flexibility index (Phi) is 4.67. The van der Waals surface area contributed by atoms with Gasteiger partial charge in [0.25, 0.3) is 5.91 Å². The number of hydrogen-bond acceptors (Lipinski definition) is 5.